The summed E-state index contributed by atoms with van der Waals surface area (Å²) in [6, 6.07) is 9.62. The molecule has 0 aliphatic rings. The van der Waals surface area contributed by atoms with Crippen molar-refractivity contribution in [1.29, 1.82) is 0 Å². The van der Waals surface area contributed by atoms with Gasteiger partial charge in [0.05, 0.1) is 6.61 Å². The summed E-state index contributed by atoms with van der Waals surface area (Å²) in [5.74, 6) is 0. The monoisotopic (exact) mass is 181 g/mol. The van der Waals surface area contributed by atoms with Gasteiger partial charge in [-0.05, 0) is 12.1 Å². The molecular weight excluding hydrogens is 169 g/mol. The maximum Gasteiger partial charge on any atom is 0.633 e. The molecule has 0 fully saturated rings. The van der Waals surface area contributed by atoms with Crippen LogP contribution in [-0.2, 0) is 4.65 Å². The van der Waals surface area contributed by atoms with Crippen LogP contribution in [-0.4, -0.2) is 30.5 Å². The molecule has 0 aliphatic heterocycles. The van der Waals surface area contributed by atoms with Crippen LogP contribution in [0.2, 0.25) is 0 Å². The molecule has 0 heterocycles. The fourth-order valence-corrected chi connectivity index (χ4v) is 0.916. The third-order valence-electron chi connectivity index (χ3n) is 1.47. The van der Waals surface area contributed by atoms with Crippen LogP contribution in [0.5, 0.6) is 0 Å². The molecule has 5 heteroatoms. The average molecular weight is 181 g/mol. The Bertz CT molecular complexity index is 230. The molecule has 1 aromatic rings. The molecule has 0 unspecified atom stereocenters. The first-order valence-electron chi connectivity index (χ1n) is 4.06. The van der Waals surface area contributed by atoms with Crippen molar-refractivity contribution in [1.82, 2.24) is 0 Å². The van der Waals surface area contributed by atoms with Gasteiger partial charge in [-0.25, -0.2) is 0 Å². The Hall–Kier alpha value is -1.04. The summed E-state index contributed by atoms with van der Waals surface area (Å²) >= 11 is 0. The van der Waals surface area contributed by atoms with E-state index in [2.05, 4.69) is 9.97 Å². The predicted octanol–water partition coefficient (Wildman–Crippen LogP) is 0.0846. The highest BCUT2D eigenvalue weighted by molar-refractivity contribution is 6.32. The molecule has 13 heavy (non-hydrogen) atoms. The van der Waals surface area contributed by atoms with Crippen LogP contribution in [0.15, 0.2) is 30.3 Å². The lowest BCUT2D eigenvalue weighted by Crippen LogP contribution is -2.21. The molecular formula is C8H12BNO3. The summed E-state index contributed by atoms with van der Waals surface area (Å²) in [5.41, 5.74) is 0.985. The smallest absolute Gasteiger partial charge is 0.402 e. The van der Waals surface area contributed by atoms with E-state index >= 15 is 0 Å². The van der Waals surface area contributed by atoms with Crippen LogP contribution in [0, 0.1) is 0 Å². The van der Waals surface area contributed by atoms with Crippen LogP contribution >= 0.6 is 0 Å². The fraction of sp³-hybridized carbons (Fsp3) is 0.250. The number of benzene rings is 1. The second-order valence-corrected chi connectivity index (χ2v) is 2.49. The van der Waals surface area contributed by atoms with E-state index in [0.717, 1.165) is 5.69 Å². The predicted molar refractivity (Wildman–Crippen MR) is 51.1 cm³/mol. The lowest BCUT2D eigenvalue weighted by molar-refractivity contribution is 0.193. The van der Waals surface area contributed by atoms with E-state index in [-0.39, 0.29) is 6.61 Å². The number of rotatable bonds is 5. The molecule has 0 atom stereocenters. The summed E-state index contributed by atoms with van der Waals surface area (Å²) in [4.78, 5) is 0. The van der Waals surface area contributed by atoms with Gasteiger partial charge in [0.1, 0.15) is 0 Å². The quantitative estimate of drug-likeness (QED) is 0.444. The number of para-hydroxylation sites is 1. The van der Waals surface area contributed by atoms with Crippen LogP contribution in [0.4, 0.5) is 5.69 Å². The highest BCUT2D eigenvalue weighted by Gasteiger charge is 2.06. The molecule has 1 aromatic carbocycles. The Morgan fingerprint density at radius 3 is 2.54 bits per heavy atom. The van der Waals surface area contributed by atoms with E-state index in [1.807, 2.05) is 30.3 Å². The fourth-order valence-electron chi connectivity index (χ4n) is 0.916. The first-order chi connectivity index (χ1) is 6.29. The van der Waals surface area contributed by atoms with E-state index in [9.17, 15) is 0 Å². The number of hydrogen-bond acceptors (Lipinski definition) is 4. The molecule has 0 radical (unpaired) electrons. The summed E-state index contributed by atoms with van der Waals surface area (Å²) in [5, 5.41) is 19.8. The Morgan fingerprint density at radius 1 is 1.23 bits per heavy atom. The van der Waals surface area contributed by atoms with Gasteiger partial charge < -0.3 is 20.0 Å². The topological polar surface area (TPSA) is 61.7 Å². The van der Waals surface area contributed by atoms with E-state index in [0.29, 0.717) is 6.54 Å². The molecule has 0 spiro atoms. The Morgan fingerprint density at radius 2 is 1.92 bits per heavy atom. The normalized spacial score (nSPS) is 9.69. The zero-order valence-electron chi connectivity index (χ0n) is 7.18. The summed E-state index contributed by atoms with van der Waals surface area (Å²) in [6.07, 6.45) is 0. The van der Waals surface area contributed by atoms with E-state index in [1.165, 1.54) is 0 Å². The minimum absolute atomic E-state index is 0.257. The lowest BCUT2D eigenvalue weighted by atomic mass is 10.3. The van der Waals surface area contributed by atoms with Crippen molar-refractivity contribution >= 4 is 13.0 Å². The van der Waals surface area contributed by atoms with Crippen molar-refractivity contribution < 1.29 is 14.7 Å². The molecule has 0 amide bonds. The second kappa shape index (κ2) is 5.58. The van der Waals surface area contributed by atoms with E-state index in [4.69, 9.17) is 10.0 Å². The molecule has 4 nitrogen and oxygen atoms in total. The zero-order valence-corrected chi connectivity index (χ0v) is 7.18. The van der Waals surface area contributed by atoms with Crippen molar-refractivity contribution in [2.75, 3.05) is 18.5 Å². The summed E-state index contributed by atoms with van der Waals surface area (Å²) in [7, 11) is -1.68. The highest BCUT2D eigenvalue weighted by atomic mass is 16.6. The Labute approximate surface area is 77.3 Å². The number of anilines is 1. The van der Waals surface area contributed by atoms with Gasteiger partial charge >= 0.3 is 7.32 Å². The molecule has 0 aliphatic carbocycles. The van der Waals surface area contributed by atoms with Crippen molar-refractivity contribution in [3.05, 3.63) is 30.3 Å². The van der Waals surface area contributed by atoms with E-state index < -0.39 is 7.32 Å². The summed E-state index contributed by atoms with van der Waals surface area (Å²) in [6.45, 7) is 0.800. The minimum atomic E-state index is -1.68. The maximum atomic E-state index is 8.36. The Kier molecular flexibility index (Phi) is 4.32. The van der Waals surface area contributed by atoms with Gasteiger partial charge in [-0.1, -0.05) is 18.2 Å². The second-order valence-electron chi connectivity index (χ2n) is 2.49. The molecule has 0 aromatic heterocycles. The van der Waals surface area contributed by atoms with Crippen molar-refractivity contribution in [2.45, 2.75) is 0 Å². The highest BCUT2D eigenvalue weighted by Crippen LogP contribution is 2.03. The molecule has 0 bridgehead atoms. The van der Waals surface area contributed by atoms with Gasteiger partial charge in [0.15, 0.2) is 0 Å². The number of hydrogen-bond donors (Lipinski definition) is 3. The first kappa shape index (κ1) is 10.0. The van der Waals surface area contributed by atoms with Crippen LogP contribution in [0.25, 0.3) is 0 Å². The van der Waals surface area contributed by atoms with Gasteiger partial charge in [0.2, 0.25) is 0 Å². The van der Waals surface area contributed by atoms with Gasteiger partial charge in [0.25, 0.3) is 0 Å². The number of nitrogens with one attached hydrogen (secondary N) is 1. The average Bonchev–Trinajstić information content (AvgIpc) is 2.14. The van der Waals surface area contributed by atoms with Crippen molar-refractivity contribution in [3.63, 3.8) is 0 Å². The third kappa shape index (κ3) is 4.52. The molecule has 3 N–H and O–H groups in total. The van der Waals surface area contributed by atoms with Crippen LogP contribution in [0.1, 0.15) is 0 Å². The van der Waals surface area contributed by atoms with Gasteiger partial charge in [-0.3, -0.25) is 0 Å². The molecule has 1 rings (SSSR count). The van der Waals surface area contributed by atoms with Crippen LogP contribution < -0.4 is 5.32 Å². The van der Waals surface area contributed by atoms with Crippen LogP contribution in [0.3, 0.4) is 0 Å². The first-order valence-corrected chi connectivity index (χ1v) is 4.06. The van der Waals surface area contributed by atoms with Gasteiger partial charge in [-0.15, -0.1) is 0 Å². The zero-order chi connectivity index (χ0) is 9.52. The summed E-state index contributed by atoms with van der Waals surface area (Å²) < 4.78 is 4.51. The maximum absolute atomic E-state index is 8.36. The van der Waals surface area contributed by atoms with Gasteiger partial charge in [-0.2, -0.15) is 0 Å². The SMILES string of the molecule is OB(O)OCCNc1ccccc1. The molecule has 70 valence electrons. The lowest BCUT2D eigenvalue weighted by Gasteiger charge is -2.05. The van der Waals surface area contributed by atoms with Gasteiger partial charge in [0, 0.05) is 12.2 Å². The Balaban J connectivity index is 2.13. The standard InChI is InChI=1S/C8H12BNO3/c11-9(12)13-7-6-10-8-4-2-1-3-5-8/h1-5,10-12H,6-7H2. The van der Waals surface area contributed by atoms with Crippen molar-refractivity contribution in [3.8, 4) is 0 Å². The molecule has 0 saturated carbocycles. The third-order valence-corrected chi connectivity index (χ3v) is 1.47. The van der Waals surface area contributed by atoms with E-state index in [1.54, 1.807) is 0 Å². The minimum Gasteiger partial charge on any atom is -0.402 e. The largest absolute Gasteiger partial charge is 0.633 e. The molecule has 0 saturated heterocycles. The van der Waals surface area contributed by atoms with Crippen molar-refractivity contribution in [2.24, 2.45) is 0 Å².